The summed E-state index contributed by atoms with van der Waals surface area (Å²) in [4.78, 5) is 25.2. The van der Waals surface area contributed by atoms with Gasteiger partial charge in [0.15, 0.2) is 0 Å². The van der Waals surface area contributed by atoms with E-state index in [9.17, 15) is 14.0 Å². The van der Waals surface area contributed by atoms with Gasteiger partial charge in [0.05, 0.1) is 19.6 Å². The minimum Gasteiger partial charge on any atom is -0.469 e. The second-order valence-corrected chi connectivity index (χ2v) is 5.04. The summed E-state index contributed by atoms with van der Waals surface area (Å²) in [5.41, 5.74) is 0.882. The molecule has 0 aliphatic carbocycles. The average Bonchev–Trinajstić information content (AvgIpc) is 2.52. The number of methoxy groups -OCH3 is 1. The van der Waals surface area contributed by atoms with Crippen molar-refractivity contribution in [2.24, 2.45) is 0 Å². The molecule has 1 aromatic rings. The first-order chi connectivity index (χ1) is 10.6. The molecule has 1 atom stereocenters. The van der Waals surface area contributed by atoms with E-state index >= 15 is 0 Å². The molecule has 0 bridgehead atoms. The molecule has 22 heavy (non-hydrogen) atoms. The quantitative estimate of drug-likeness (QED) is 0.831. The van der Waals surface area contributed by atoms with Crippen molar-refractivity contribution in [3.63, 3.8) is 0 Å². The molecule has 2 rings (SSSR count). The van der Waals surface area contributed by atoms with Gasteiger partial charge in [-0.25, -0.2) is 4.39 Å². The number of hydrogen-bond acceptors (Lipinski definition) is 4. The van der Waals surface area contributed by atoms with Crippen LogP contribution in [0.25, 0.3) is 6.08 Å². The van der Waals surface area contributed by atoms with Gasteiger partial charge in [-0.1, -0.05) is 24.3 Å². The van der Waals surface area contributed by atoms with Crippen molar-refractivity contribution in [3.05, 3.63) is 41.7 Å². The van der Waals surface area contributed by atoms with E-state index in [1.54, 1.807) is 12.1 Å². The molecular weight excluding hydrogens is 287 g/mol. The minimum atomic E-state index is -0.515. The summed E-state index contributed by atoms with van der Waals surface area (Å²) in [7, 11) is 1.31. The van der Waals surface area contributed by atoms with Crippen molar-refractivity contribution in [2.75, 3.05) is 26.7 Å². The topological polar surface area (TPSA) is 58.6 Å². The standard InChI is InChI=1S/C16H19FN2O3/c1-22-15(20)11-14-16(21)18-8-10-19(14)9-2-3-12-4-6-13(17)7-5-12/h2-7,14H,8-11H2,1H3,(H,18,21)/b3-2+/t14-/m1/s1. The fraction of sp³-hybridized carbons (Fsp3) is 0.375. The lowest BCUT2D eigenvalue weighted by atomic mass is 10.1. The summed E-state index contributed by atoms with van der Waals surface area (Å²) in [6.45, 7) is 1.76. The minimum absolute atomic E-state index is 0.0344. The molecule has 1 heterocycles. The molecule has 1 aliphatic heterocycles. The molecule has 0 aromatic heterocycles. The maximum absolute atomic E-state index is 12.8. The molecule has 0 spiro atoms. The first-order valence-electron chi connectivity index (χ1n) is 7.11. The Bertz CT molecular complexity index is 557. The number of amides is 1. The average molecular weight is 306 g/mol. The molecule has 1 aliphatic rings. The van der Waals surface area contributed by atoms with Crippen LogP contribution >= 0.6 is 0 Å². The highest BCUT2D eigenvalue weighted by atomic mass is 19.1. The Morgan fingerprint density at radius 1 is 1.45 bits per heavy atom. The van der Waals surface area contributed by atoms with Crippen LogP contribution in [0.5, 0.6) is 0 Å². The number of esters is 1. The van der Waals surface area contributed by atoms with Gasteiger partial charge in [0.1, 0.15) is 5.82 Å². The van der Waals surface area contributed by atoms with E-state index in [1.807, 2.05) is 17.1 Å². The van der Waals surface area contributed by atoms with Crippen LogP contribution in [0.3, 0.4) is 0 Å². The number of piperazine rings is 1. The number of halogens is 1. The molecule has 1 saturated heterocycles. The SMILES string of the molecule is COC(=O)C[C@@H]1C(=O)NCCN1C/C=C/c1ccc(F)cc1. The number of carbonyl (C=O) groups excluding carboxylic acids is 2. The van der Waals surface area contributed by atoms with Gasteiger partial charge < -0.3 is 10.1 Å². The molecule has 5 nitrogen and oxygen atoms in total. The van der Waals surface area contributed by atoms with Crippen molar-refractivity contribution < 1.29 is 18.7 Å². The van der Waals surface area contributed by atoms with Gasteiger partial charge in [0.25, 0.3) is 0 Å². The van der Waals surface area contributed by atoms with E-state index in [-0.39, 0.29) is 18.1 Å². The van der Waals surface area contributed by atoms with Gasteiger partial charge in [-0.15, -0.1) is 0 Å². The van der Waals surface area contributed by atoms with Crippen molar-refractivity contribution in [2.45, 2.75) is 12.5 Å². The summed E-state index contributed by atoms with van der Waals surface area (Å²) in [5, 5.41) is 2.75. The summed E-state index contributed by atoms with van der Waals surface area (Å²) >= 11 is 0. The fourth-order valence-electron chi connectivity index (χ4n) is 2.34. The second kappa shape index (κ2) is 7.70. The number of nitrogens with one attached hydrogen (secondary N) is 1. The third-order valence-electron chi connectivity index (χ3n) is 3.55. The van der Waals surface area contributed by atoms with E-state index in [0.29, 0.717) is 19.6 Å². The summed E-state index contributed by atoms with van der Waals surface area (Å²) < 4.78 is 17.5. The van der Waals surface area contributed by atoms with Gasteiger partial charge in [0, 0.05) is 19.6 Å². The van der Waals surface area contributed by atoms with Crippen LogP contribution < -0.4 is 5.32 Å². The van der Waals surface area contributed by atoms with Crippen LogP contribution in [-0.2, 0) is 14.3 Å². The van der Waals surface area contributed by atoms with Crippen LogP contribution in [0.4, 0.5) is 4.39 Å². The predicted molar refractivity (Wildman–Crippen MR) is 80.4 cm³/mol. The van der Waals surface area contributed by atoms with Crippen molar-refractivity contribution in [3.8, 4) is 0 Å². The molecule has 118 valence electrons. The van der Waals surface area contributed by atoms with E-state index in [2.05, 4.69) is 10.1 Å². The Labute approximate surface area is 128 Å². The first kappa shape index (κ1) is 16.2. The number of benzene rings is 1. The summed E-state index contributed by atoms with van der Waals surface area (Å²) in [6.07, 6.45) is 3.80. The van der Waals surface area contributed by atoms with E-state index in [0.717, 1.165) is 5.56 Å². The van der Waals surface area contributed by atoms with Crippen LogP contribution in [0.2, 0.25) is 0 Å². The van der Waals surface area contributed by atoms with Gasteiger partial charge >= 0.3 is 5.97 Å². The summed E-state index contributed by atoms with van der Waals surface area (Å²) in [6, 6.07) is 5.64. The Hall–Kier alpha value is -2.21. The molecule has 1 amide bonds. The van der Waals surface area contributed by atoms with Crippen LogP contribution in [0.1, 0.15) is 12.0 Å². The van der Waals surface area contributed by atoms with Crippen LogP contribution in [0.15, 0.2) is 30.3 Å². The zero-order chi connectivity index (χ0) is 15.9. The number of carbonyl (C=O) groups is 2. The maximum Gasteiger partial charge on any atom is 0.307 e. The van der Waals surface area contributed by atoms with Crippen LogP contribution in [-0.4, -0.2) is 49.6 Å². The largest absolute Gasteiger partial charge is 0.469 e. The molecule has 1 fully saturated rings. The molecule has 1 aromatic carbocycles. The number of rotatable bonds is 5. The number of nitrogens with zero attached hydrogens (tertiary/aromatic N) is 1. The van der Waals surface area contributed by atoms with Crippen molar-refractivity contribution in [1.29, 1.82) is 0 Å². The molecule has 0 unspecified atom stereocenters. The molecule has 0 saturated carbocycles. The molecule has 0 radical (unpaired) electrons. The highest BCUT2D eigenvalue weighted by Crippen LogP contribution is 2.11. The summed E-state index contributed by atoms with van der Waals surface area (Å²) in [5.74, 6) is -0.843. The zero-order valence-electron chi connectivity index (χ0n) is 12.4. The van der Waals surface area contributed by atoms with Gasteiger partial charge in [-0.3, -0.25) is 14.5 Å². The highest BCUT2D eigenvalue weighted by Gasteiger charge is 2.31. The molecular formula is C16H19FN2O3. The maximum atomic E-state index is 12.8. The zero-order valence-corrected chi connectivity index (χ0v) is 12.4. The lowest BCUT2D eigenvalue weighted by Crippen LogP contribution is -2.55. The Morgan fingerprint density at radius 3 is 2.86 bits per heavy atom. The Kier molecular flexibility index (Phi) is 5.66. The normalized spacial score (nSPS) is 19.2. The number of hydrogen-bond donors (Lipinski definition) is 1. The second-order valence-electron chi connectivity index (χ2n) is 5.04. The van der Waals surface area contributed by atoms with Gasteiger partial charge in [0.2, 0.25) is 5.91 Å². The monoisotopic (exact) mass is 306 g/mol. The Balaban J connectivity index is 1.97. The van der Waals surface area contributed by atoms with Gasteiger partial charge in [-0.2, -0.15) is 0 Å². The Morgan fingerprint density at radius 2 is 2.18 bits per heavy atom. The van der Waals surface area contributed by atoms with Crippen molar-refractivity contribution in [1.82, 2.24) is 10.2 Å². The fourth-order valence-corrected chi connectivity index (χ4v) is 2.34. The molecule has 1 N–H and O–H groups in total. The lowest BCUT2D eigenvalue weighted by molar-refractivity contribution is -0.145. The van der Waals surface area contributed by atoms with E-state index in [1.165, 1.54) is 19.2 Å². The van der Waals surface area contributed by atoms with E-state index in [4.69, 9.17) is 0 Å². The smallest absolute Gasteiger partial charge is 0.307 e. The van der Waals surface area contributed by atoms with Gasteiger partial charge in [-0.05, 0) is 17.7 Å². The third-order valence-corrected chi connectivity index (χ3v) is 3.55. The first-order valence-corrected chi connectivity index (χ1v) is 7.11. The lowest BCUT2D eigenvalue weighted by Gasteiger charge is -2.33. The highest BCUT2D eigenvalue weighted by molar-refractivity contribution is 5.87. The third kappa shape index (κ3) is 4.39. The predicted octanol–water partition coefficient (Wildman–Crippen LogP) is 1.20. The van der Waals surface area contributed by atoms with Crippen molar-refractivity contribution >= 4 is 18.0 Å². The van der Waals surface area contributed by atoms with E-state index < -0.39 is 12.0 Å². The van der Waals surface area contributed by atoms with Crippen LogP contribution in [0, 0.1) is 5.82 Å². The number of ether oxygens (including phenoxy) is 1. The molecule has 6 heteroatoms.